The van der Waals surface area contributed by atoms with Gasteiger partial charge in [-0.15, -0.1) is 5.10 Å². The molecule has 0 N–H and O–H groups in total. The SMILES string of the molecule is O=S(=O)(c1cccc(-n2cnnn2)c1)N(C1CCCC1)C1CCCC1. The molecule has 0 atom stereocenters. The van der Waals surface area contributed by atoms with E-state index in [0.29, 0.717) is 10.6 Å². The minimum absolute atomic E-state index is 0.143. The fourth-order valence-corrected chi connectivity index (χ4v) is 6.17. The van der Waals surface area contributed by atoms with Crippen LogP contribution in [0.15, 0.2) is 35.5 Å². The Bertz CT molecular complexity index is 793. The number of benzene rings is 1. The first kappa shape index (κ1) is 16.7. The first-order valence-electron chi connectivity index (χ1n) is 9.03. The molecule has 2 aromatic rings. The molecule has 2 saturated carbocycles. The van der Waals surface area contributed by atoms with Crippen molar-refractivity contribution in [3.05, 3.63) is 30.6 Å². The summed E-state index contributed by atoms with van der Waals surface area (Å²) >= 11 is 0. The van der Waals surface area contributed by atoms with Crippen LogP contribution in [0.5, 0.6) is 0 Å². The van der Waals surface area contributed by atoms with Gasteiger partial charge in [-0.3, -0.25) is 0 Å². The summed E-state index contributed by atoms with van der Waals surface area (Å²) in [6.45, 7) is 0. The summed E-state index contributed by atoms with van der Waals surface area (Å²) in [5.74, 6) is 0. The average Bonchev–Trinajstić information content (AvgIpc) is 3.38. The number of nitrogens with zero attached hydrogens (tertiary/aromatic N) is 5. The second-order valence-corrected chi connectivity index (χ2v) is 8.81. The Morgan fingerprint density at radius 2 is 1.64 bits per heavy atom. The molecule has 1 heterocycles. The van der Waals surface area contributed by atoms with Gasteiger partial charge in [-0.05, 0) is 54.3 Å². The van der Waals surface area contributed by atoms with E-state index in [9.17, 15) is 8.42 Å². The summed E-state index contributed by atoms with van der Waals surface area (Å²) < 4.78 is 30.3. The molecule has 25 heavy (non-hydrogen) atoms. The lowest BCUT2D eigenvalue weighted by molar-refractivity contribution is 0.252. The second-order valence-electron chi connectivity index (χ2n) is 6.96. The van der Waals surface area contributed by atoms with Crippen LogP contribution in [0.2, 0.25) is 0 Å². The van der Waals surface area contributed by atoms with Gasteiger partial charge in [0.1, 0.15) is 6.33 Å². The Labute approximate surface area is 148 Å². The molecule has 0 amide bonds. The molecule has 0 saturated heterocycles. The number of tetrazole rings is 1. The topological polar surface area (TPSA) is 81.0 Å². The predicted molar refractivity (Wildman–Crippen MR) is 92.7 cm³/mol. The lowest BCUT2D eigenvalue weighted by atomic mass is 10.2. The van der Waals surface area contributed by atoms with Crippen LogP contribution in [0.25, 0.3) is 5.69 Å². The predicted octanol–water partition coefficient (Wildman–Crippen LogP) is 2.54. The zero-order valence-electron chi connectivity index (χ0n) is 14.2. The number of hydrogen-bond donors (Lipinski definition) is 0. The summed E-state index contributed by atoms with van der Waals surface area (Å²) in [7, 11) is -3.53. The fourth-order valence-electron chi connectivity index (χ4n) is 4.20. The number of sulfonamides is 1. The van der Waals surface area contributed by atoms with Crippen LogP contribution in [-0.4, -0.2) is 45.0 Å². The van der Waals surface area contributed by atoms with Gasteiger partial charge in [-0.1, -0.05) is 31.7 Å². The average molecular weight is 361 g/mol. The Morgan fingerprint density at radius 3 is 2.20 bits per heavy atom. The summed E-state index contributed by atoms with van der Waals surface area (Å²) in [5, 5.41) is 11.1. The summed E-state index contributed by atoms with van der Waals surface area (Å²) in [6, 6.07) is 7.20. The third-order valence-corrected chi connectivity index (χ3v) is 7.38. The molecule has 2 aliphatic carbocycles. The first-order chi connectivity index (χ1) is 12.2. The monoisotopic (exact) mass is 361 g/mol. The molecule has 0 bridgehead atoms. The summed E-state index contributed by atoms with van der Waals surface area (Å²) in [6.07, 6.45) is 9.84. The lowest BCUT2D eigenvalue weighted by Gasteiger charge is -2.33. The van der Waals surface area contributed by atoms with Gasteiger partial charge in [-0.25, -0.2) is 13.1 Å². The van der Waals surface area contributed by atoms with Gasteiger partial charge in [-0.2, -0.15) is 4.31 Å². The number of hydrogen-bond acceptors (Lipinski definition) is 5. The third kappa shape index (κ3) is 3.20. The molecule has 8 heteroatoms. The van der Waals surface area contributed by atoms with Crippen molar-refractivity contribution in [2.75, 3.05) is 0 Å². The van der Waals surface area contributed by atoms with Crippen molar-refractivity contribution in [2.24, 2.45) is 0 Å². The van der Waals surface area contributed by atoms with Crippen molar-refractivity contribution in [1.82, 2.24) is 24.5 Å². The van der Waals surface area contributed by atoms with Gasteiger partial charge in [0, 0.05) is 12.1 Å². The van der Waals surface area contributed by atoms with Gasteiger partial charge < -0.3 is 0 Å². The van der Waals surface area contributed by atoms with E-state index >= 15 is 0 Å². The van der Waals surface area contributed by atoms with Crippen molar-refractivity contribution in [1.29, 1.82) is 0 Å². The zero-order valence-corrected chi connectivity index (χ0v) is 15.0. The van der Waals surface area contributed by atoms with E-state index in [0.717, 1.165) is 51.4 Å². The number of rotatable bonds is 5. The Balaban J connectivity index is 1.72. The van der Waals surface area contributed by atoms with Crippen LogP contribution in [0.3, 0.4) is 0 Å². The van der Waals surface area contributed by atoms with Crippen molar-refractivity contribution < 1.29 is 8.42 Å². The summed E-state index contributed by atoms with van der Waals surface area (Å²) in [5.41, 5.74) is 0.656. The molecule has 2 fully saturated rings. The smallest absolute Gasteiger partial charge is 0.207 e. The van der Waals surface area contributed by atoms with Gasteiger partial charge in [0.25, 0.3) is 0 Å². The second kappa shape index (κ2) is 6.84. The van der Waals surface area contributed by atoms with E-state index in [1.54, 1.807) is 18.2 Å². The van der Waals surface area contributed by atoms with E-state index in [2.05, 4.69) is 15.5 Å². The van der Waals surface area contributed by atoms with E-state index in [1.807, 2.05) is 10.4 Å². The Kier molecular flexibility index (Phi) is 4.56. The highest BCUT2D eigenvalue weighted by molar-refractivity contribution is 7.89. The van der Waals surface area contributed by atoms with Crippen molar-refractivity contribution in [3.63, 3.8) is 0 Å². The van der Waals surface area contributed by atoms with Crippen LogP contribution in [0, 0.1) is 0 Å². The largest absolute Gasteiger partial charge is 0.243 e. The van der Waals surface area contributed by atoms with Crippen LogP contribution >= 0.6 is 0 Å². The quantitative estimate of drug-likeness (QED) is 0.817. The van der Waals surface area contributed by atoms with Crippen LogP contribution in [0.1, 0.15) is 51.4 Å². The molecule has 2 aliphatic rings. The van der Waals surface area contributed by atoms with Crippen LogP contribution < -0.4 is 0 Å². The molecule has 0 spiro atoms. The number of aromatic nitrogens is 4. The molecular weight excluding hydrogens is 338 g/mol. The van der Waals surface area contributed by atoms with Gasteiger partial charge in [0.2, 0.25) is 10.0 Å². The highest BCUT2D eigenvalue weighted by Gasteiger charge is 2.39. The molecule has 1 aromatic carbocycles. The maximum absolute atomic E-state index is 13.5. The molecule has 0 aliphatic heterocycles. The molecule has 0 unspecified atom stereocenters. The van der Waals surface area contributed by atoms with Gasteiger partial charge >= 0.3 is 0 Å². The Hall–Kier alpha value is -1.80. The molecular formula is C17H23N5O2S. The van der Waals surface area contributed by atoms with E-state index in [4.69, 9.17) is 0 Å². The zero-order chi connectivity index (χ0) is 17.3. The maximum atomic E-state index is 13.5. The van der Waals surface area contributed by atoms with E-state index < -0.39 is 10.0 Å². The fraction of sp³-hybridized carbons (Fsp3) is 0.588. The minimum Gasteiger partial charge on any atom is -0.207 e. The maximum Gasteiger partial charge on any atom is 0.243 e. The molecule has 0 radical (unpaired) electrons. The van der Waals surface area contributed by atoms with Crippen LogP contribution in [0.4, 0.5) is 0 Å². The van der Waals surface area contributed by atoms with Crippen molar-refractivity contribution in [3.8, 4) is 5.69 Å². The normalized spacial score (nSPS) is 19.9. The van der Waals surface area contributed by atoms with Gasteiger partial charge in [0.05, 0.1) is 10.6 Å². The van der Waals surface area contributed by atoms with Crippen LogP contribution in [-0.2, 0) is 10.0 Å². The molecule has 134 valence electrons. The van der Waals surface area contributed by atoms with Crippen molar-refractivity contribution in [2.45, 2.75) is 68.3 Å². The molecule has 1 aromatic heterocycles. The standard InChI is InChI=1S/C17H23N5O2S/c23-25(24,17-11-5-10-16(12-17)21-13-18-19-20-21)22(14-6-1-2-7-14)15-8-3-4-9-15/h5,10-15H,1-4,6-9H2. The lowest BCUT2D eigenvalue weighted by Crippen LogP contribution is -2.45. The van der Waals surface area contributed by atoms with E-state index in [-0.39, 0.29) is 12.1 Å². The Morgan fingerprint density at radius 1 is 1.00 bits per heavy atom. The molecule has 4 rings (SSSR count). The summed E-state index contributed by atoms with van der Waals surface area (Å²) in [4.78, 5) is 0.333. The van der Waals surface area contributed by atoms with Crippen molar-refractivity contribution >= 4 is 10.0 Å². The first-order valence-corrected chi connectivity index (χ1v) is 10.5. The highest BCUT2D eigenvalue weighted by Crippen LogP contribution is 2.36. The third-order valence-electron chi connectivity index (χ3n) is 5.38. The van der Waals surface area contributed by atoms with E-state index in [1.165, 1.54) is 11.0 Å². The van der Waals surface area contributed by atoms with Gasteiger partial charge in [0.15, 0.2) is 0 Å². The highest BCUT2D eigenvalue weighted by atomic mass is 32.2. The molecule has 7 nitrogen and oxygen atoms in total. The minimum atomic E-state index is -3.53.